The second-order valence-electron chi connectivity index (χ2n) is 5.47. The Morgan fingerprint density at radius 3 is 3.00 bits per heavy atom. The van der Waals surface area contributed by atoms with Gasteiger partial charge in [-0.25, -0.2) is 0 Å². The number of hydrogen-bond donors (Lipinski definition) is 2. The van der Waals surface area contributed by atoms with Crippen molar-refractivity contribution in [3.8, 4) is 0 Å². The standard InChI is InChI=1S/C17H21N3O/c1-20-16-5-3-2-4-14(16)15(12-17(20)21)19-11-8-13-6-9-18-10-7-13/h2-6,12,18-19H,7-11H2,1H3. The topological polar surface area (TPSA) is 46.1 Å². The maximum absolute atomic E-state index is 12.0. The summed E-state index contributed by atoms with van der Waals surface area (Å²) in [7, 11) is 1.81. The summed E-state index contributed by atoms with van der Waals surface area (Å²) in [6.07, 6.45) is 4.43. The molecule has 110 valence electrons. The highest BCUT2D eigenvalue weighted by Crippen LogP contribution is 2.21. The maximum atomic E-state index is 12.0. The predicted molar refractivity (Wildman–Crippen MR) is 87.9 cm³/mol. The molecular formula is C17H21N3O. The van der Waals surface area contributed by atoms with E-state index in [0.717, 1.165) is 49.1 Å². The molecule has 2 N–H and O–H groups in total. The largest absolute Gasteiger partial charge is 0.384 e. The average molecular weight is 283 g/mol. The SMILES string of the molecule is Cn1c(=O)cc(NCCC2=CCNCC2)c2ccccc21. The van der Waals surface area contributed by atoms with Crippen LogP contribution in [0.2, 0.25) is 0 Å². The van der Waals surface area contributed by atoms with Gasteiger partial charge in [0, 0.05) is 37.3 Å². The molecule has 0 saturated carbocycles. The van der Waals surface area contributed by atoms with Gasteiger partial charge in [0.15, 0.2) is 0 Å². The minimum Gasteiger partial charge on any atom is -0.384 e. The molecule has 4 nitrogen and oxygen atoms in total. The number of rotatable bonds is 4. The van der Waals surface area contributed by atoms with Gasteiger partial charge in [0.05, 0.1) is 5.52 Å². The van der Waals surface area contributed by atoms with E-state index in [9.17, 15) is 4.79 Å². The molecule has 2 aromatic rings. The number of nitrogens with one attached hydrogen (secondary N) is 2. The first kappa shape index (κ1) is 13.9. The fourth-order valence-corrected chi connectivity index (χ4v) is 2.81. The van der Waals surface area contributed by atoms with Crippen molar-refractivity contribution in [1.29, 1.82) is 0 Å². The number of pyridine rings is 1. The summed E-state index contributed by atoms with van der Waals surface area (Å²) in [6, 6.07) is 9.70. The first-order valence-corrected chi connectivity index (χ1v) is 7.47. The molecule has 1 aromatic heterocycles. The number of hydrogen-bond acceptors (Lipinski definition) is 3. The molecule has 0 atom stereocenters. The molecule has 0 unspecified atom stereocenters. The van der Waals surface area contributed by atoms with Gasteiger partial charge in [0.25, 0.3) is 5.56 Å². The van der Waals surface area contributed by atoms with E-state index >= 15 is 0 Å². The second kappa shape index (κ2) is 6.14. The van der Waals surface area contributed by atoms with Crippen LogP contribution >= 0.6 is 0 Å². The van der Waals surface area contributed by atoms with Crippen molar-refractivity contribution in [1.82, 2.24) is 9.88 Å². The zero-order chi connectivity index (χ0) is 14.7. The van der Waals surface area contributed by atoms with Gasteiger partial charge in [-0.1, -0.05) is 29.8 Å². The molecule has 0 bridgehead atoms. The molecule has 4 heteroatoms. The Bertz CT molecular complexity index is 730. The number of anilines is 1. The summed E-state index contributed by atoms with van der Waals surface area (Å²) >= 11 is 0. The van der Waals surface area contributed by atoms with E-state index in [2.05, 4.69) is 22.8 Å². The molecule has 0 spiro atoms. The summed E-state index contributed by atoms with van der Waals surface area (Å²) < 4.78 is 1.69. The van der Waals surface area contributed by atoms with Crippen molar-refractivity contribution >= 4 is 16.6 Å². The molecule has 0 fully saturated rings. The highest BCUT2D eigenvalue weighted by atomic mass is 16.1. The zero-order valence-electron chi connectivity index (χ0n) is 12.4. The van der Waals surface area contributed by atoms with E-state index in [-0.39, 0.29) is 5.56 Å². The highest BCUT2D eigenvalue weighted by Gasteiger charge is 2.07. The normalized spacial score (nSPS) is 15.0. The van der Waals surface area contributed by atoms with E-state index < -0.39 is 0 Å². The lowest BCUT2D eigenvalue weighted by Gasteiger charge is -2.16. The number of nitrogens with zero attached hydrogens (tertiary/aromatic N) is 1. The molecule has 1 aromatic carbocycles. The minimum atomic E-state index is 0.0253. The Morgan fingerprint density at radius 1 is 1.33 bits per heavy atom. The number of benzene rings is 1. The van der Waals surface area contributed by atoms with E-state index in [4.69, 9.17) is 0 Å². The minimum absolute atomic E-state index is 0.0253. The molecule has 2 heterocycles. The van der Waals surface area contributed by atoms with Crippen LogP contribution in [0.3, 0.4) is 0 Å². The van der Waals surface area contributed by atoms with Crippen LogP contribution in [0.25, 0.3) is 10.9 Å². The van der Waals surface area contributed by atoms with Crippen molar-refractivity contribution < 1.29 is 0 Å². The van der Waals surface area contributed by atoms with Crippen LogP contribution in [0.15, 0.2) is 46.8 Å². The summed E-state index contributed by atoms with van der Waals surface area (Å²) in [5.41, 5.74) is 3.42. The molecule has 0 aliphatic carbocycles. The van der Waals surface area contributed by atoms with E-state index in [1.54, 1.807) is 10.6 Å². The van der Waals surface area contributed by atoms with Crippen LogP contribution in [0.4, 0.5) is 5.69 Å². The van der Waals surface area contributed by atoms with Crippen molar-refractivity contribution in [3.63, 3.8) is 0 Å². The van der Waals surface area contributed by atoms with Crippen LogP contribution < -0.4 is 16.2 Å². The van der Waals surface area contributed by atoms with Crippen molar-refractivity contribution in [2.45, 2.75) is 12.8 Å². The number of fused-ring (bicyclic) bond motifs is 1. The third-order valence-corrected chi connectivity index (χ3v) is 4.07. The molecule has 1 aliphatic rings. The maximum Gasteiger partial charge on any atom is 0.252 e. The van der Waals surface area contributed by atoms with Crippen LogP contribution in [0, 0.1) is 0 Å². The van der Waals surface area contributed by atoms with Crippen LogP contribution in [-0.2, 0) is 7.05 Å². The van der Waals surface area contributed by atoms with Gasteiger partial charge in [-0.05, 0) is 25.5 Å². The Kier molecular flexibility index (Phi) is 4.06. The molecular weight excluding hydrogens is 262 g/mol. The van der Waals surface area contributed by atoms with Gasteiger partial charge in [-0.15, -0.1) is 0 Å². The summed E-state index contributed by atoms with van der Waals surface area (Å²) in [5, 5.41) is 7.84. The molecule has 0 saturated heterocycles. The van der Waals surface area contributed by atoms with E-state index in [0.29, 0.717) is 0 Å². The monoisotopic (exact) mass is 283 g/mol. The summed E-state index contributed by atoms with van der Waals surface area (Å²) in [5.74, 6) is 0. The first-order chi connectivity index (χ1) is 10.3. The van der Waals surface area contributed by atoms with Crippen molar-refractivity contribution in [2.24, 2.45) is 7.05 Å². The fourth-order valence-electron chi connectivity index (χ4n) is 2.81. The lowest BCUT2D eigenvalue weighted by molar-refractivity contribution is 0.683. The number of aromatic nitrogens is 1. The molecule has 1 aliphatic heterocycles. The van der Waals surface area contributed by atoms with E-state index in [1.807, 2.05) is 25.2 Å². The van der Waals surface area contributed by atoms with Gasteiger partial charge in [-0.3, -0.25) is 4.79 Å². The average Bonchev–Trinajstić information content (AvgIpc) is 2.53. The van der Waals surface area contributed by atoms with Gasteiger partial charge in [0.1, 0.15) is 0 Å². The Morgan fingerprint density at radius 2 is 2.19 bits per heavy atom. The molecule has 0 radical (unpaired) electrons. The molecule has 0 amide bonds. The fraction of sp³-hybridized carbons (Fsp3) is 0.353. The lowest BCUT2D eigenvalue weighted by atomic mass is 10.1. The zero-order valence-corrected chi connectivity index (χ0v) is 12.4. The highest BCUT2D eigenvalue weighted by molar-refractivity contribution is 5.91. The van der Waals surface area contributed by atoms with Crippen molar-refractivity contribution in [3.05, 3.63) is 52.3 Å². The lowest BCUT2D eigenvalue weighted by Crippen LogP contribution is -2.21. The quantitative estimate of drug-likeness (QED) is 0.846. The predicted octanol–water partition coefficient (Wildman–Crippen LogP) is 2.26. The Balaban J connectivity index is 1.79. The third-order valence-electron chi connectivity index (χ3n) is 4.07. The second-order valence-corrected chi connectivity index (χ2v) is 5.47. The van der Waals surface area contributed by atoms with Gasteiger partial charge < -0.3 is 15.2 Å². The third kappa shape index (κ3) is 3.00. The Labute approximate surface area is 124 Å². The number of para-hydroxylation sites is 1. The summed E-state index contributed by atoms with van der Waals surface area (Å²) in [4.78, 5) is 12.0. The number of aryl methyl sites for hydroxylation is 1. The van der Waals surface area contributed by atoms with Crippen LogP contribution in [0.5, 0.6) is 0 Å². The van der Waals surface area contributed by atoms with Crippen molar-refractivity contribution in [2.75, 3.05) is 25.0 Å². The first-order valence-electron chi connectivity index (χ1n) is 7.47. The van der Waals surface area contributed by atoms with Crippen LogP contribution in [-0.4, -0.2) is 24.2 Å². The van der Waals surface area contributed by atoms with Gasteiger partial charge >= 0.3 is 0 Å². The Hall–Kier alpha value is -2.07. The smallest absolute Gasteiger partial charge is 0.252 e. The van der Waals surface area contributed by atoms with E-state index in [1.165, 1.54) is 5.57 Å². The van der Waals surface area contributed by atoms with Gasteiger partial charge in [-0.2, -0.15) is 0 Å². The van der Waals surface area contributed by atoms with Gasteiger partial charge in [0.2, 0.25) is 0 Å². The molecule has 21 heavy (non-hydrogen) atoms. The summed E-state index contributed by atoms with van der Waals surface area (Å²) in [6.45, 7) is 2.91. The molecule has 3 rings (SSSR count). The van der Waals surface area contributed by atoms with Crippen LogP contribution in [0.1, 0.15) is 12.8 Å².